The second-order valence-electron chi connectivity index (χ2n) is 4.38. The molecule has 1 heterocycles. The second-order valence-corrected chi connectivity index (χ2v) is 6.52. The van der Waals surface area contributed by atoms with Gasteiger partial charge in [-0.3, -0.25) is 4.21 Å². The van der Waals surface area contributed by atoms with Crippen LogP contribution < -0.4 is 5.32 Å². The summed E-state index contributed by atoms with van der Waals surface area (Å²) in [5.74, 6) is 0.727. The number of nitrogens with zero attached hydrogens (tertiary/aromatic N) is 2. The summed E-state index contributed by atoms with van der Waals surface area (Å²) in [5, 5.41) is 4.58. The van der Waals surface area contributed by atoms with Crippen LogP contribution in [0.2, 0.25) is 5.28 Å². The molecule has 0 fully saturated rings. The first kappa shape index (κ1) is 14.2. The van der Waals surface area contributed by atoms with E-state index >= 15 is 0 Å². The van der Waals surface area contributed by atoms with E-state index in [1.54, 1.807) is 6.26 Å². The maximum atomic E-state index is 11.3. The second kappa shape index (κ2) is 6.30. The zero-order valence-corrected chi connectivity index (χ0v) is 12.5. The van der Waals surface area contributed by atoms with Gasteiger partial charge < -0.3 is 5.32 Å². The molecule has 1 aromatic heterocycles. The summed E-state index contributed by atoms with van der Waals surface area (Å²) in [7, 11) is -0.799. The molecule has 0 radical (unpaired) electrons. The van der Waals surface area contributed by atoms with Crippen LogP contribution in [0.25, 0.3) is 10.9 Å². The number of fused-ring (bicyclic) bond motifs is 1. The first-order valence-electron chi connectivity index (χ1n) is 6.06. The quantitative estimate of drug-likeness (QED) is 0.862. The standard InChI is InChI=1S/C13H16ClN3OS/c1-9(19(2)18)7-8-15-12-10-5-3-4-6-11(10)16-13(14)17-12/h3-6,9H,7-8H2,1-2H3,(H,15,16,17). The Hall–Kier alpha value is -1.20. The third-order valence-corrected chi connectivity index (χ3v) is 4.52. The largest absolute Gasteiger partial charge is 0.369 e. The van der Waals surface area contributed by atoms with Gasteiger partial charge in [-0.2, -0.15) is 0 Å². The molecule has 6 heteroatoms. The lowest BCUT2D eigenvalue weighted by Gasteiger charge is -2.11. The Bertz CT molecular complexity index is 605. The normalized spacial score (nSPS) is 14.3. The van der Waals surface area contributed by atoms with Crippen molar-refractivity contribution in [2.45, 2.75) is 18.6 Å². The summed E-state index contributed by atoms with van der Waals surface area (Å²) in [6.07, 6.45) is 2.54. The molecule has 102 valence electrons. The molecule has 2 unspecified atom stereocenters. The SMILES string of the molecule is CC(CCNc1nc(Cl)nc2ccccc12)S(C)=O. The van der Waals surface area contributed by atoms with Gasteiger partial charge in [-0.25, -0.2) is 9.97 Å². The van der Waals surface area contributed by atoms with Crippen molar-refractivity contribution < 1.29 is 4.21 Å². The third-order valence-electron chi connectivity index (χ3n) is 2.99. The minimum Gasteiger partial charge on any atom is -0.369 e. The van der Waals surface area contributed by atoms with Crippen LogP contribution in [0.4, 0.5) is 5.82 Å². The van der Waals surface area contributed by atoms with E-state index in [1.807, 2.05) is 31.2 Å². The summed E-state index contributed by atoms with van der Waals surface area (Å²) in [6.45, 7) is 2.68. The van der Waals surface area contributed by atoms with E-state index in [1.165, 1.54) is 0 Å². The van der Waals surface area contributed by atoms with Gasteiger partial charge in [0.25, 0.3) is 0 Å². The van der Waals surface area contributed by atoms with E-state index < -0.39 is 10.8 Å². The number of rotatable bonds is 5. The highest BCUT2D eigenvalue weighted by Gasteiger charge is 2.08. The average Bonchev–Trinajstić information content (AvgIpc) is 2.38. The molecule has 2 atom stereocenters. The van der Waals surface area contributed by atoms with Gasteiger partial charge in [-0.15, -0.1) is 0 Å². The molecule has 0 aliphatic carbocycles. The van der Waals surface area contributed by atoms with Crippen LogP contribution in [-0.4, -0.2) is 32.2 Å². The molecule has 0 bridgehead atoms. The molecule has 0 saturated carbocycles. The fraction of sp³-hybridized carbons (Fsp3) is 0.385. The van der Waals surface area contributed by atoms with Gasteiger partial charge in [0.1, 0.15) is 5.82 Å². The Balaban J connectivity index is 2.14. The molecule has 1 N–H and O–H groups in total. The monoisotopic (exact) mass is 297 g/mol. The van der Waals surface area contributed by atoms with Crippen molar-refractivity contribution >= 4 is 39.1 Å². The molecule has 0 spiro atoms. The van der Waals surface area contributed by atoms with Gasteiger partial charge in [-0.05, 0) is 30.2 Å². The van der Waals surface area contributed by atoms with Crippen LogP contribution in [0, 0.1) is 0 Å². The number of anilines is 1. The van der Waals surface area contributed by atoms with E-state index in [2.05, 4.69) is 15.3 Å². The Labute approximate surface area is 120 Å². The van der Waals surface area contributed by atoms with Gasteiger partial charge in [0, 0.05) is 34.2 Å². The van der Waals surface area contributed by atoms with Crippen molar-refractivity contribution in [2.24, 2.45) is 0 Å². The Morgan fingerprint density at radius 1 is 1.37 bits per heavy atom. The van der Waals surface area contributed by atoms with Crippen LogP contribution >= 0.6 is 11.6 Å². The highest BCUT2D eigenvalue weighted by Crippen LogP contribution is 2.21. The minimum atomic E-state index is -0.799. The van der Waals surface area contributed by atoms with E-state index in [9.17, 15) is 4.21 Å². The number of halogens is 1. The molecule has 0 saturated heterocycles. The van der Waals surface area contributed by atoms with Crippen LogP contribution in [0.1, 0.15) is 13.3 Å². The molecule has 4 nitrogen and oxygen atoms in total. The molecule has 0 amide bonds. The van der Waals surface area contributed by atoms with Gasteiger partial charge in [0.15, 0.2) is 0 Å². The fourth-order valence-corrected chi connectivity index (χ4v) is 2.37. The van der Waals surface area contributed by atoms with Crippen molar-refractivity contribution in [1.82, 2.24) is 9.97 Å². The molecular weight excluding hydrogens is 282 g/mol. The van der Waals surface area contributed by atoms with Crippen molar-refractivity contribution in [3.8, 4) is 0 Å². The van der Waals surface area contributed by atoms with Gasteiger partial charge >= 0.3 is 0 Å². The van der Waals surface area contributed by atoms with Gasteiger partial charge in [0.05, 0.1) is 5.52 Å². The fourth-order valence-electron chi connectivity index (χ4n) is 1.74. The predicted octanol–water partition coefficient (Wildman–Crippen LogP) is 2.85. The zero-order chi connectivity index (χ0) is 13.8. The highest BCUT2D eigenvalue weighted by molar-refractivity contribution is 7.84. The van der Waals surface area contributed by atoms with E-state index in [0.29, 0.717) is 6.54 Å². The first-order chi connectivity index (χ1) is 9.08. The number of para-hydroxylation sites is 1. The smallest absolute Gasteiger partial charge is 0.224 e. The Morgan fingerprint density at radius 3 is 2.84 bits per heavy atom. The molecular formula is C13H16ClN3OS. The summed E-state index contributed by atoms with van der Waals surface area (Å²) >= 11 is 5.90. The summed E-state index contributed by atoms with van der Waals surface area (Å²) in [5.41, 5.74) is 0.817. The number of aromatic nitrogens is 2. The maximum absolute atomic E-state index is 11.3. The van der Waals surface area contributed by atoms with E-state index in [0.717, 1.165) is 23.1 Å². The average molecular weight is 298 g/mol. The lowest BCUT2D eigenvalue weighted by molar-refractivity contribution is 0.672. The lowest BCUT2D eigenvalue weighted by atomic mass is 10.2. The van der Waals surface area contributed by atoms with E-state index in [4.69, 9.17) is 11.6 Å². The lowest BCUT2D eigenvalue weighted by Crippen LogP contribution is -2.15. The third kappa shape index (κ3) is 3.64. The molecule has 2 aromatic rings. The highest BCUT2D eigenvalue weighted by atomic mass is 35.5. The van der Waals surface area contributed by atoms with Crippen LogP contribution in [-0.2, 0) is 10.8 Å². The Morgan fingerprint density at radius 2 is 2.11 bits per heavy atom. The summed E-state index contributed by atoms with van der Waals surface area (Å²) in [4.78, 5) is 8.38. The number of hydrogen-bond donors (Lipinski definition) is 1. The van der Waals surface area contributed by atoms with Crippen molar-refractivity contribution in [3.05, 3.63) is 29.5 Å². The molecule has 2 rings (SSSR count). The van der Waals surface area contributed by atoms with Gasteiger partial charge in [-0.1, -0.05) is 19.1 Å². The molecule has 0 aliphatic heterocycles. The topological polar surface area (TPSA) is 54.9 Å². The summed E-state index contributed by atoms with van der Waals surface area (Å²) in [6, 6.07) is 7.71. The minimum absolute atomic E-state index is 0.163. The van der Waals surface area contributed by atoms with Crippen LogP contribution in [0.5, 0.6) is 0 Å². The van der Waals surface area contributed by atoms with Crippen molar-refractivity contribution in [2.75, 3.05) is 18.1 Å². The van der Waals surface area contributed by atoms with Crippen LogP contribution in [0.3, 0.4) is 0 Å². The molecule has 19 heavy (non-hydrogen) atoms. The maximum Gasteiger partial charge on any atom is 0.224 e. The van der Waals surface area contributed by atoms with Crippen molar-refractivity contribution in [3.63, 3.8) is 0 Å². The predicted molar refractivity (Wildman–Crippen MR) is 81.2 cm³/mol. The Kier molecular flexibility index (Phi) is 4.71. The molecule has 1 aromatic carbocycles. The molecule has 0 aliphatic rings. The number of hydrogen-bond acceptors (Lipinski definition) is 4. The zero-order valence-electron chi connectivity index (χ0n) is 10.9. The number of nitrogens with one attached hydrogen (secondary N) is 1. The number of benzene rings is 1. The summed E-state index contributed by atoms with van der Waals surface area (Å²) < 4.78 is 11.3. The van der Waals surface area contributed by atoms with Gasteiger partial charge in [0.2, 0.25) is 5.28 Å². The van der Waals surface area contributed by atoms with E-state index in [-0.39, 0.29) is 10.5 Å². The first-order valence-corrected chi connectivity index (χ1v) is 8.06. The van der Waals surface area contributed by atoms with Crippen LogP contribution in [0.15, 0.2) is 24.3 Å². The van der Waals surface area contributed by atoms with Crippen molar-refractivity contribution in [1.29, 1.82) is 0 Å².